The summed E-state index contributed by atoms with van der Waals surface area (Å²) in [6.45, 7) is 4.32. The maximum atomic E-state index is 14.2. The van der Waals surface area contributed by atoms with E-state index >= 15 is 0 Å². The predicted octanol–water partition coefficient (Wildman–Crippen LogP) is 2.81. The lowest BCUT2D eigenvalue weighted by Gasteiger charge is -2.39. The van der Waals surface area contributed by atoms with E-state index < -0.39 is 12.0 Å². The molecule has 1 amide bonds. The van der Waals surface area contributed by atoms with Gasteiger partial charge in [0.1, 0.15) is 11.9 Å². The van der Waals surface area contributed by atoms with Crippen LogP contribution in [0.2, 0.25) is 0 Å². The van der Waals surface area contributed by atoms with Crippen molar-refractivity contribution in [2.75, 3.05) is 19.6 Å². The Hall–Kier alpha value is -1.95. The molecule has 3 aliphatic rings. The first-order valence-electron chi connectivity index (χ1n) is 9.88. The first kappa shape index (κ1) is 18.4. The summed E-state index contributed by atoms with van der Waals surface area (Å²) in [5.41, 5.74) is 1.45. The second-order valence-electron chi connectivity index (χ2n) is 8.66. The van der Waals surface area contributed by atoms with E-state index in [1.54, 1.807) is 12.1 Å². The number of likely N-dealkylation sites (tertiary alicyclic amines) is 2. The van der Waals surface area contributed by atoms with Gasteiger partial charge < -0.3 is 10.0 Å². The van der Waals surface area contributed by atoms with Gasteiger partial charge in [-0.1, -0.05) is 17.7 Å². The van der Waals surface area contributed by atoms with Crippen molar-refractivity contribution in [2.45, 2.75) is 51.6 Å². The minimum Gasteiger partial charge on any atom is -0.480 e. The standard InChI is InChI=1S/C21H27FN2O3/c1-14-2-5-17(22)16(10-14)12-24-13-21(11-18(24)20(26)27)6-8-23(9-7-21)19(25)15-3-4-15/h2,5,10,15,18H,3-4,6-9,11-13H2,1H3,(H,26,27)/t18-/m0/s1. The van der Waals surface area contributed by atoms with E-state index in [9.17, 15) is 19.1 Å². The quantitative estimate of drug-likeness (QED) is 0.880. The number of hydrogen-bond acceptors (Lipinski definition) is 3. The van der Waals surface area contributed by atoms with Gasteiger partial charge in [0.15, 0.2) is 0 Å². The van der Waals surface area contributed by atoms with Crippen LogP contribution in [0.5, 0.6) is 0 Å². The molecule has 3 fully saturated rings. The minimum absolute atomic E-state index is 0.0797. The van der Waals surface area contributed by atoms with E-state index in [1.165, 1.54) is 6.07 Å². The van der Waals surface area contributed by atoms with Crippen LogP contribution in [-0.2, 0) is 16.1 Å². The lowest BCUT2D eigenvalue weighted by atomic mass is 9.76. The smallest absolute Gasteiger partial charge is 0.320 e. The van der Waals surface area contributed by atoms with Crippen molar-refractivity contribution in [2.24, 2.45) is 11.3 Å². The number of carboxylic acids is 1. The van der Waals surface area contributed by atoms with Gasteiger partial charge in [0.05, 0.1) is 0 Å². The first-order valence-corrected chi connectivity index (χ1v) is 9.88. The van der Waals surface area contributed by atoms with Crippen LogP contribution in [0.3, 0.4) is 0 Å². The number of hydrogen-bond donors (Lipinski definition) is 1. The number of carbonyl (C=O) groups is 2. The lowest BCUT2D eigenvalue weighted by molar-refractivity contribution is -0.142. The highest BCUT2D eigenvalue weighted by atomic mass is 19.1. The molecule has 146 valence electrons. The Balaban J connectivity index is 1.46. The molecule has 5 nitrogen and oxygen atoms in total. The summed E-state index contributed by atoms with van der Waals surface area (Å²) in [7, 11) is 0. The fourth-order valence-corrected chi connectivity index (χ4v) is 4.75. The third-order valence-electron chi connectivity index (χ3n) is 6.53. The lowest BCUT2D eigenvalue weighted by Crippen LogP contribution is -2.44. The predicted molar refractivity (Wildman–Crippen MR) is 98.6 cm³/mol. The second kappa shape index (κ2) is 6.89. The number of carboxylic acid groups (broad SMARTS) is 1. The summed E-state index contributed by atoms with van der Waals surface area (Å²) in [5.74, 6) is -0.613. The van der Waals surface area contributed by atoms with Crippen LogP contribution < -0.4 is 0 Å². The van der Waals surface area contributed by atoms with Crippen molar-refractivity contribution < 1.29 is 19.1 Å². The van der Waals surface area contributed by atoms with Gasteiger partial charge in [-0.2, -0.15) is 0 Å². The third-order valence-corrected chi connectivity index (χ3v) is 6.53. The molecule has 1 N–H and O–H groups in total. The average molecular weight is 374 g/mol. The Morgan fingerprint density at radius 2 is 1.96 bits per heavy atom. The Morgan fingerprint density at radius 3 is 2.59 bits per heavy atom. The van der Waals surface area contributed by atoms with Crippen LogP contribution in [-0.4, -0.2) is 52.5 Å². The van der Waals surface area contributed by atoms with Gasteiger partial charge in [-0.3, -0.25) is 14.5 Å². The SMILES string of the molecule is Cc1ccc(F)c(CN2CC3(CCN(C(=O)C4CC4)CC3)C[C@H]2C(=O)O)c1. The molecule has 2 saturated heterocycles. The molecule has 1 aliphatic carbocycles. The molecular formula is C21H27FN2O3. The molecule has 0 radical (unpaired) electrons. The van der Waals surface area contributed by atoms with Crippen LogP contribution in [0.4, 0.5) is 4.39 Å². The Kier molecular flexibility index (Phi) is 4.70. The second-order valence-corrected chi connectivity index (χ2v) is 8.66. The van der Waals surface area contributed by atoms with Crippen molar-refractivity contribution in [1.29, 1.82) is 0 Å². The monoisotopic (exact) mass is 374 g/mol. The Labute approximate surface area is 159 Å². The molecule has 1 aromatic rings. The van der Waals surface area contributed by atoms with Crippen molar-refractivity contribution in [3.05, 3.63) is 35.1 Å². The van der Waals surface area contributed by atoms with Crippen LogP contribution in [0.15, 0.2) is 18.2 Å². The van der Waals surface area contributed by atoms with Crippen molar-refractivity contribution in [1.82, 2.24) is 9.80 Å². The maximum absolute atomic E-state index is 14.2. The zero-order chi connectivity index (χ0) is 19.2. The van der Waals surface area contributed by atoms with Crippen LogP contribution in [0.25, 0.3) is 0 Å². The summed E-state index contributed by atoms with van der Waals surface area (Å²) < 4.78 is 14.2. The summed E-state index contributed by atoms with van der Waals surface area (Å²) in [5, 5.41) is 9.72. The molecule has 0 unspecified atom stereocenters. The van der Waals surface area contributed by atoms with Gasteiger partial charge in [0, 0.05) is 37.7 Å². The molecule has 4 rings (SSSR count). The highest BCUT2D eigenvalue weighted by Crippen LogP contribution is 2.45. The van der Waals surface area contributed by atoms with Crippen LogP contribution in [0, 0.1) is 24.1 Å². The molecule has 0 aromatic heterocycles. The number of piperidine rings is 1. The molecule has 1 atom stereocenters. The molecule has 1 saturated carbocycles. The number of amides is 1. The zero-order valence-corrected chi connectivity index (χ0v) is 15.8. The largest absolute Gasteiger partial charge is 0.480 e. The Morgan fingerprint density at radius 1 is 1.26 bits per heavy atom. The van der Waals surface area contributed by atoms with E-state index in [-0.39, 0.29) is 23.1 Å². The summed E-state index contributed by atoms with van der Waals surface area (Å²) in [6, 6.07) is 4.39. The van der Waals surface area contributed by atoms with Gasteiger partial charge in [0.2, 0.25) is 5.91 Å². The molecule has 2 heterocycles. The molecule has 1 aromatic carbocycles. The highest BCUT2D eigenvalue weighted by molar-refractivity contribution is 5.81. The summed E-state index contributed by atoms with van der Waals surface area (Å²) in [4.78, 5) is 28.0. The van der Waals surface area contributed by atoms with E-state index in [1.807, 2.05) is 16.7 Å². The van der Waals surface area contributed by atoms with Crippen LogP contribution in [0.1, 0.15) is 43.2 Å². The number of carbonyl (C=O) groups excluding carboxylic acids is 1. The van der Waals surface area contributed by atoms with Crippen molar-refractivity contribution >= 4 is 11.9 Å². The van der Waals surface area contributed by atoms with E-state index in [4.69, 9.17) is 0 Å². The number of aliphatic carboxylic acids is 1. The first-order chi connectivity index (χ1) is 12.9. The van der Waals surface area contributed by atoms with Gasteiger partial charge in [0.25, 0.3) is 0 Å². The van der Waals surface area contributed by atoms with Gasteiger partial charge >= 0.3 is 5.97 Å². The van der Waals surface area contributed by atoms with E-state index in [2.05, 4.69) is 0 Å². The van der Waals surface area contributed by atoms with E-state index in [0.717, 1.165) is 31.2 Å². The zero-order valence-electron chi connectivity index (χ0n) is 15.8. The summed E-state index contributed by atoms with van der Waals surface area (Å²) >= 11 is 0. The van der Waals surface area contributed by atoms with Crippen molar-refractivity contribution in [3.8, 4) is 0 Å². The number of aryl methyl sites for hydroxylation is 1. The van der Waals surface area contributed by atoms with Gasteiger partial charge in [-0.15, -0.1) is 0 Å². The molecular weight excluding hydrogens is 347 g/mol. The normalized spacial score (nSPS) is 25.1. The molecule has 0 bridgehead atoms. The fraction of sp³-hybridized carbons (Fsp3) is 0.619. The minimum atomic E-state index is -0.837. The number of benzene rings is 1. The van der Waals surface area contributed by atoms with E-state index in [0.29, 0.717) is 38.2 Å². The van der Waals surface area contributed by atoms with Crippen molar-refractivity contribution in [3.63, 3.8) is 0 Å². The molecule has 27 heavy (non-hydrogen) atoms. The number of halogens is 1. The topological polar surface area (TPSA) is 60.9 Å². The number of nitrogens with zero attached hydrogens (tertiary/aromatic N) is 2. The van der Waals surface area contributed by atoms with Gasteiger partial charge in [-0.05, 0) is 50.5 Å². The summed E-state index contributed by atoms with van der Waals surface area (Å²) in [6.07, 6.45) is 4.28. The fourth-order valence-electron chi connectivity index (χ4n) is 4.75. The molecule has 2 aliphatic heterocycles. The highest BCUT2D eigenvalue weighted by Gasteiger charge is 2.49. The third kappa shape index (κ3) is 3.72. The number of rotatable bonds is 4. The van der Waals surface area contributed by atoms with Crippen LogP contribution >= 0.6 is 0 Å². The Bertz CT molecular complexity index is 754. The molecule has 6 heteroatoms. The average Bonchev–Trinajstić information content (AvgIpc) is 3.42. The van der Waals surface area contributed by atoms with Gasteiger partial charge in [-0.25, -0.2) is 4.39 Å². The maximum Gasteiger partial charge on any atom is 0.320 e. The molecule has 1 spiro atoms.